The van der Waals surface area contributed by atoms with Crippen LogP contribution in [0.5, 0.6) is 0 Å². The maximum absolute atomic E-state index is 8.63. The fourth-order valence-electron chi connectivity index (χ4n) is 1.52. The Kier molecular flexibility index (Phi) is 2.11. The molecule has 1 N–H and O–H groups in total. The molecule has 0 aromatic carbocycles. The van der Waals surface area contributed by atoms with Crippen molar-refractivity contribution in [1.82, 2.24) is 5.32 Å². The predicted octanol–water partition coefficient (Wildman–Crippen LogP) is 1.70. The highest BCUT2D eigenvalue weighted by Gasteiger charge is 2.17. The molecule has 0 amide bonds. The van der Waals surface area contributed by atoms with Crippen molar-refractivity contribution in [2.24, 2.45) is 0 Å². The molecule has 1 aromatic heterocycles. The highest BCUT2D eigenvalue weighted by atomic mass is 32.1. The first-order valence-electron chi connectivity index (χ1n) is 4.09. The second-order valence-electron chi connectivity index (χ2n) is 3.04. The normalized spacial score (nSPS) is 22.4. The molecule has 12 heavy (non-hydrogen) atoms. The van der Waals surface area contributed by atoms with Gasteiger partial charge < -0.3 is 5.32 Å². The average Bonchev–Trinajstić information content (AvgIpc) is 2.75. The monoisotopic (exact) mass is 178 g/mol. The van der Waals surface area contributed by atoms with Gasteiger partial charge in [-0.2, -0.15) is 5.26 Å². The fraction of sp³-hybridized carbons (Fsp3) is 0.444. The molecule has 1 saturated heterocycles. The summed E-state index contributed by atoms with van der Waals surface area (Å²) in [6, 6.07) is 4.18. The standard InChI is InChI=1S/C9H10N2S/c10-4-7-3-9(12-6-7)8-1-2-11-5-8/h3,6,8,11H,1-2,5H2. The van der Waals surface area contributed by atoms with Crippen molar-refractivity contribution in [2.45, 2.75) is 12.3 Å². The largest absolute Gasteiger partial charge is 0.316 e. The summed E-state index contributed by atoms with van der Waals surface area (Å²) >= 11 is 1.71. The van der Waals surface area contributed by atoms with Crippen molar-refractivity contribution in [2.75, 3.05) is 13.1 Å². The van der Waals surface area contributed by atoms with E-state index in [1.165, 1.54) is 11.3 Å². The Balaban J connectivity index is 2.17. The van der Waals surface area contributed by atoms with Crippen LogP contribution in [0, 0.1) is 11.3 Å². The van der Waals surface area contributed by atoms with Gasteiger partial charge in [-0.05, 0) is 19.0 Å². The minimum Gasteiger partial charge on any atom is -0.316 e. The van der Waals surface area contributed by atoms with Gasteiger partial charge in [-0.3, -0.25) is 0 Å². The molecule has 1 aliphatic heterocycles. The summed E-state index contributed by atoms with van der Waals surface area (Å²) in [5.41, 5.74) is 0.807. The van der Waals surface area contributed by atoms with Crippen molar-refractivity contribution >= 4 is 11.3 Å². The molecule has 2 heterocycles. The highest BCUT2D eigenvalue weighted by Crippen LogP contribution is 2.27. The zero-order valence-electron chi connectivity index (χ0n) is 6.71. The molecule has 1 atom stereocenters. The summed E-state index contributed by atoms with van der Waals surface area (Å²) in [5.74, 6) is 0.650. The first-order chi connectivity index (χ1) is 5.90. The van der Waals surface area contributed by atoms with E-state index in [2.05, 4.69) is 11.4 Å². The van der Waals surface area contributed by atoms with E-state index in [0.29, 0.717) is 5.92 Å². The third kappa shape index (κ3) is 1.36. The SMILES string of the molecule is N#Cc1csc(C2CCNC2)c1. The zero-order valence-corrected chi connectivity index (χ0v) is 7.53. The third-order valence-electron chi connectivity index (χ3n) is 2.21. The van der Waals surface area contributed by atoms with E-state index in [4.69, 9.17) is 5.26 Å². The van der Waals surface area contributed by atoms with E-state index in [1.807, 2.05) is 11.4 Å². The lowest BCUT2D eigenvalue weighted by molar-refractivity contribution is 0.779. The van der Waals surface area contributed by atoms with E-state index < -0.39 is 0 Å². The molecule has 0 spiro atoms. The molecule has 2 nitrogen and oxygen atoms in total. The Morgan fingerprint density at radius 2 is 2.58 bits per heavy atom. The van der Waals surface area contributed by atoms with Gasteiger partial charge in [0.1, 0.15) is 6.07 Å². The highest BCUT2D eigenvalue weighted by molar-refractivity contribution is 7.10. The Morgan fingerprint density at radius 3 is 3.17 bits per heavy atom. The van der Waals surface area contributed by atoms with Crippen LogP contribution in [-0.2, 0) is 0 Å². The van der Waals surface area contributed by atoms with Crippen molar-refractivity contribution in [1.29, 1.82) is 5.26 Å². The fourth-order valence-corrected chi connectivity index (χ4v) is 2.50. The number of nitrogens with zero attached hydrogens (tertiary/aromatic N) is 1. The van der Waals surface area contributed by atoms with Crippen LogP contribution in [0.25, 0.3) is 0 Å². The Labute approximate surface area is 75.8 Å². The van der Waals surface area contributed by atoms with E-state index in [1.54, 1.807) is 11.3 Å². The van der Waals surface area contributed by atoms with Crippen molar-refractivity contribution in [3.05, 3.63) is 21.9 Å². The second kappa shape index (κ2) is 3.26. The van der Waals surface area contributed by atoms with Crippen LogP contribution in [-0.4, -0.2) is 13.1 Å². The lowest BCUT2D eigenvalue weighted by atomic mass is 10.1. The summed E-state index contributed by atoms with van der Waals surface area (Å²) in [6.45, 7) is 2.19. The summed E-state index contributed by atoms with van der Waals surface area (Å²) in [7, 11) is 0. The van der Waals surface area contributed by atoms with Crippen molar-refractivity contribution in [3.63, 3.8) is 0 Å². The van der Waals surface area contributed by atoms with Crippen LogP contribution in [0.3, 0.4) is 0 Å². The smallest absolute Gasteiger partial charge is 0.100 e. The Morgan fingerprint density at radius 1 is 1.67 bits per heavy atom. The first kappa shape index (κ1) is 7.78. The number of thiophene rings is 1. The maximum atomic E-state index is 8.63. The molecule has 2 rings (SSSR count). The van der Waals surface area contributed by atoms with Crippen molar-refractivity contribution in [3.8, 4) is 6.07 Å². The minimum absolute atomic E-state index is 0.650. The van der Waals surface area contributed by atoms with E-state index in [0.717, 1.165) is 18.7 Å². The van der Waals surface area contributed by atoms with Crippen molar-refractivity contribution < 1.29 is 0 Å². The number of hydrogen-bond donors (Lipinski definition) is 1. The molecule has 1 unspecified atom stereocenters. The lowest BCUT2D eigenvalue weighted by Crippen LogP contribution is -2.07. The summed E-state index contributed by atoms with van der Waals surface area (Å²) in [6.07, 6.45) is 1.21. The van der Waals surface area contributed by atoms with Gasteiger partial charge in [0.25, 0.3) is 0 Å². The molecule has 0 saturated carbocycles. The third-order valence-corrected chi connectivity index (χ3v) is 3.31. The van der Waals surface area contributed by atoms with Crippen LogP contribution in [0.2, 0.25) is 0 Å². The van der Waals surface area contributed by atoms with E-state index in [-0.39, 0.29) is 0 Å². The van der Waals surface area contributed by atoms with E-state index >= 15 is 0 Å². The second-order valence-corrected chi connectivity index (χ2v) is 3.98. The number of rotatable bonds is 1. The topological polar surface area (TPSA) is 35.8 Å². The molecule has 1 aromatic rings. The van der Waals surface area contributed by atoms with Crippen LogP contribution in [0.15, 0.2) is 11.4 Å². The first-order valence-corrected chi connectivity index (χ1v) is 4.97. The number of nitrogens with one attached hydrogen (secondary N) is 1. The summed E-state index contributed by atoms with van der Waals surface area (Å²) in [4.78, 5) is 1.36. The maximum Gasteiger partial charge on any atom is 0.100 e. The molecule has 3 heteroatoms. The summed E-state index contributed by atoms with van der Waals surface area (Å²) < 4.78 is 0. The quantitative estimate of drug-likeness (QED) is 0.710. The van der Waals surface area contributed by atoms with Gasteiger partial charge in [0.05, 0.1) is 5.56 Å². The molecular weight excluding hydrogens is 168 g/mol. The molecular formula is C9H10N2S. The van der Waals surface area contributed by atoms with Crippen LogP contribution >= 0.6 is 11.3 Å². The molecule has 0 aliphatic carbocycles. The van der Waals surface area contributed by atoms with Gasteiger partial charge in [0.15, 0.2) is 0 Å². The molecule has 1 fully saturated rings. The molecule has 1 aliphatic rings. The zero-order chi connectivity index (χ0) is 8.39. The van der Waals surface area contributed by atoms with Gasteiger partial charge in [-0.25, -0.2) is 0 Å². The van der Waals surface area contributed by atoms with Gasteiger partial charge in [-0.1, -0.05) is 0 Å². The molecule has 62 valence electrons. The minimum atomic E-state index is 0.650. The lowest BCUT2D eigenvalue weighted by Gasteiger charge is -2.02. The van der Waals surface area contributed by atoms with Gasteiger partial charge in [0, 0.05) is 22.7 Å². The average molecular weight is 178 g/mol. The predicted molar refractivity (Wildman–Crippen MR) is 49.3 cm³/mol. The van der Waals surface area contributed by atoms with Gasteiger partial charge in [-0.15, -0.1) is 11.3 Å². The number of hydrogen-bond acceptors (Lipinski definition) is 3. The Hall–Kier alpha value is -0.850. The van der Waals surface area contributed by atoms with Crippen LogP contribution < -0.4 is 5.32 Å². The molecule has 0 radical (unpaired) electrons. The molecule has 0 bridgehead atoms. The number of nitriles is 1. The van der Waals surface area contributed by atoms with Gasteiger partial charge >= 0.3 is 0 Å². The summed E-state index contributed by atoms with van der Waals surface area (Å²) in [5, 5.41) is 13.9. The van der Waals surface area contributed by atoms with Crippen LogP contribution in [0.1, 0.15) is 22.8 Å². The van der Waals surface area contributed by atoms with Gasteiger partial charge in [0.2, 0.25) is 0 Å². The van der Waals surface area contributed by atoms with E-state index in [9.17, 15) is 0 Å². The Bertz CT molecular complexity index is 305. The van der Waals surface area contributed by atoms with Crippen LogP contribution in [0.4, 0.5) is 0 Å².